The fourth-order valence-corrected chi connectivity index (χ4v) is 3.13. The molecule has 0 aliphatic carbocycles. The largest absolute Gasteiger partial charge is 0.497 e. The van der Waals surface area contributed by atoms with Crippen LogP contribution in [0.3, 0.4) is 0 Å². The lowest BCUT2D eigenvalue weighted by molar-refractivity contribution is 0.0468. The Hall–Kier alpha value is -2.86. The summed E-state index contributed by atoms with van der Waals surface area (Å²) in [6.07, 6.45) is 0. The number of methoxy groups -OCH3 is 2. The average Bonchev–Trinajstić information content (AvgIpc) is 3.15. The predicted octanol–water partition coefficient (Wildman–Crippen LogP) is 4.18. The van der Waals surface area contributed by atoms with Gasteiger partial charge in [-0.1, -0.05) is 18.2 Å². The topological polar surface area (TPSA) is 57.7 Å². The summed E-state index contributed by atoms with van der Waals surface area (Å²) in [6, 6.07) is 14.5. The van der Waals surface area contributed by atoms with Crippen LogP contribution in [0.4, 0.5) is 0 Å². The second-order valence-electron chi connectivity index (χ2n) is 5.15. The highest BCUT2D eigenvalue weighted by atomic mass is 32.1. The highest BCUT2D eigenvalue weighted by Crippen LogP contribution is 2.32. The number of thiazole rings is 1. The monoisotopic (exact) mass is 355 g/mol. The summed E-state index contributed by atoms with van der Waals surface area (Å²) in [5, 5.41) is 2.70. The van der Waals surface area contributed by atoms with E-state index in [0.29, 0.717) is 17.0 Å². The zero-order valence-electron chi connectivity index (χ0n) is 13.9. The van der Waals surface area contributed by atoms with Crippen LogP contribution in [0.5, 0.6) is 11.5 Å². The third-order valence-corrected chi connectivity index (χ3v) is 4.47. The molecule has 0 spiro atoms. The van der Waals surface area contributed by atoms with Crippen molar-refractivity contribution in [2.24, 2.45) is 0 Å². The Balaban J connectivity index is 1.68. The van der Waals surface area contributed by atoms with Crippen LogP contribution in [0, 0.1) is 0 Å². The van der Waals surface area contributed by atoms with Gasteiger partial charge in [-0.05, 0) is 30.3 Å². The van der Waals surface area contributed by atoms with Crippen molar-refractivity contribution in [2.75, 3.05) is 14.2 Å². The van der Waals surface area contributed by atoms with Crippen LogP contribution in [0.25, 0.3) is 10.6 Å². The number of ether oxygens (including phenoxy) is 3. The zero-order valence-corrected chi connectivity index (χ0v) is 14.7. The second-order valence-corrected chi connectivity index (χ2v) is 6.01. The van der Waals surface area contributed by atoms with Crippen LogP contribution in [0.1, 0.15) is 16.1 Å². The maximum absolute atomic E-state index is 12.1. The molecule has 128 valence electrons. The molecular formula is C19H17NO4S. The lowest BCUT2D eigenvalue weighted by atomic mass is 10.2. The third kappa shape index (κ3) is 3.97. The number of carbonyl (C=O) groups excluding carboxylic acids is 1. The zero-order chi connectivity index (χ0) is 17.6. The standard InChI is InChI=1S/C19H17NO4S/c1-22-15-7-5-6-13(10-15)19(21)24-11-14-12-25-18(20-14)16-8-3-4-9-17(16)23-2/h3-10,12H,11H2,1-2H3. The number of benzene rings is 2. The van der Waals surface area contributed by atoms with E-state index >= 15 is 0 Å². The van der Waals surface area contributed by atoms with Crippen LogP contribution >= 0.6 is 11.3 Å². The van der Waals surface area contributed by atoms with Gasteiger partial charge < -0.3 is 14.2 Å². The van der Waals surface area contributed by atoms with Gasteiger partial charge >= 0.3 is 5.97 Å². The van der Waals surface area contributed by atoms with Crippen molar-refractivity contribution < 1.29 is 19.0 Å². The molecule has 0 N–H and O–H groups in total. The van der Waals surface area contributed by atoms with Crippen molar-refractivity contribution in [3.8, 4) is 22.1 Å². The smallest absolute Gasteiger partial charge is 0.338 e. The van der Waals surface area contributed by atoms with Crippen LogP contribution in [-0.2, 0) is 11.3 Å². The summed E-state index contributed by atoms with van der Waals surface area (Å²) in [5.74, 6) is 0.962. The minimum atomic E-state index is -0.411. The molecule has 0 saturated carbocycles. The number of esters is 1. The molecule has 0 bridgehead atoms. The first-order valence-electron chi connectivity index (χ1n) is 7.60. The Labute approximate surface area is 149 Å². The molecule has 3 aromatic rings. The maximum atomic E-state index is 12.1. The van der Waals surface area contributed by atoms with Crippen molar-refractivity contribution in [3.05, 3.63) is 65.2 Å². The molecule has 6 heteroatoms. The minimum absolute atomic E-state index is 0.113. The summed E-state index contributed by atoms with van der Waals surface area (Å²) in [6.45, 7) is 0.113. The van der Waals surface area contributed by atoms with Gasteiger partial charge in [0.15, 0.2) is 0 Å². The number of rotatable bonds is 6. The molecule has 0 amide bonds. The van der Waals surface area contributed by atoms with Crippen molar-refractivity contribution in [3.63, 3.8) is 0 Å². The Morgan fingerprint density at radius 2 is 1.92 bits per heavy atom. The minimum Gasteiger partial charge on any atom is -0.497 e. The van der Waals surface area contributed by atoms with Crippen LogP contribution in [-0.4, -0.2) is 25.2 Å². The maximum Gasteiger partial charge on any atom is 0.338 e. The van der Waals surface area contributed by atoms with E-state index in [4.69, 9.17) is 14.2 Å². The quantitative estimate of drug-likeness (QED) is 0.621. The Morgan fingerprint density at radius 3 is 2.72 bits per heavy atom. The first-order chi connectivity index (χ1) is 12.2. The van der Waals surface area contributed by atoms with Gasteiger partial charge in [0.1, 0.15) is 23.1 Å². The average molecular weight is 355 g/mol. The van der Waals surface area contributed by atoms with E-state index in [1.54, 1.807) is 38.5 Å². The van der Waals surface area contributed by atoms with Crippen molar-refractivity contribution in [2.45, 2.75) is 6.61 Å². The molecule has 25 heavy (non-hydrogen) atoms. The van der Waals surface area contributed by atoms with Gasteiger partial charge in [0.2, 0.25) is 0 Å². The van der Waals surface area contributed by atoms with Crippen molar-refractivity contribution in [1.29, 1.82) is 0 Å². The van der Waals surface area contributed by atoms with E-state index in [9.17, 15) is 4.79 Å². The molecule has 0 atom stereocenters. The Bertz CT molecular complexity index is 875. The summed E-state index contributed by atoms with van der Waals surface area (Å²) in [5.41, 5.74) is 2.06. The number of nitrogens with zero attached hydrogens (tertiary/aromatic N) is 1. The summed E-state index contributed by atoms with van der Waals surface area (Å²) in [7, 11) is 3.18. The molecule has 1 aromatic heterocycles. The van der Waals surface area contributed by atoms with Crippen LogP contribution in [0.2, 0.25) is 0 Å². The molecule has 5 nitrogen and oxygen atoms in total. The normalized spacial score (nSPS) is 10.3. The van der Waals surface area contributed by atoms with Gasteiger partial charge in [-0.2, -0.15) is 0 Å². The van der Waals surface area contributed by atoms with Gasteiger partial charge in [0.25, 0.3) is 0 Å². The Morgan fingerprint density at radius 1 is 1.08 bits per heavy atom. The van der Waals surface area contributed by atoms with Crippen LogP contribution < -0.4 is 9.47 Å². The molecular weight excluding hydrogens is 338 g/mol. The number of para-hydroxylation sites is 1. The Kier molecular flexibility index (Phi) is 5.30. The van der Waals surface area contributed by atoms with Gasteiger partial charge in [0.05, 0.1) is 31.0 Å². The fourth-order valence-electron chi connectivity index (χ4n) is 2.29. The number of hydrogen-bond acceptors (Lipinski definition) is 6. The lowest BCUT2D eigenvalue weighted by Gasteiger charge is -2.05. The van der Waals surface area contributed by atoms with E-state index in [1.807, 2.05) is 29.6 Å². The highest BCUT2D eigenvalue weighted by Gasteiger charge is 2.12. The fraction of sp³-hybridized carbons (Fsp3) is 0.158. The number of carbonyl (C=O) groups is 1. The third-order valence-electron chi connectivity index (χ3n) is 3.55. The van der Waals surface area contributed by atoms with E-state index in [2.05, 4.69) is 4.98 Å². The molecule has 3 rings (SSSR count). The molecule has 0 radical (unpaired) electrons. The SMILES string of the molecule is COc1cccc(C(=O)OCc2csc(-c3ccccc3OC)n2)c1. The second kappa shape index (κ2) is 7.81. The molecule has 2 aromatic carbocycles. The number of hydrogen-bond donors (Lipinski definition) is 0. The van der Waals surface area contributed by atoms with E-state index in [-0.39, 0.29) is 6.61 Å². The van der Waals surface area contributed by atoms with Crippen molar-refractivity contribution in [1.82, 2.24) is 4.98 Å². The van der Waals surface area contributed by atoms with E-state index < -0.39 is 5.97 Å². The van der Waals surface area contributed by atoms with E-state index in [1.165, 1.54) is 11.3 Å². The van der Waals surface area contributed by atoms with Gasteiger partial charge in [0, 0.05) is 5.38 Å². The first kappa shape index (κ1) is 17.0. The summed E-state index contributed by atoms with van der Waals surface area (Å²) < 4.78 is 15.8. The molecule has 1 heterocycles. The predicted molar refractivity (Wildman–Crippen MR) is 96.2 cm³/mol. The number of aromatic nitrogens is 1. The van der Waals surface area contributed by atoms with Gasteiger partial charge in [-0.3, -0.25) is 0 Å². The first-order valence-corrected chi connectivity index (χ1v) is 8.48. The summed E-state index contributed by atoms with van der Waals surface area (Å²) in [4.78, 5) is 16.7. The van der Waals surface area contributed by atoms with Gasteiger partial charge in [-0.15, -0.1) is 11.3 Å². The molecule has 0 fully saturated rings. The van der Waals surface area contributed by atoms with E-state index in [0.717, 1.165) is 16.3 Å². The lowest BCUT2D eigenvalue weighted by Crippen LogP contribution is -2.05. The molecule has 0 aliphatic heterocycles. The summed E-state index contributed by atoms with van der Waals surface area (Å²) >= 11 is 1.48. The molecule has 0 saturated heterocycles. The van der Waals surface area contributed by atoms with Gasteiger partial charge in [-0.25, -0.2) is 9.78 Å². The molecule has 0 aliphatic rings. The van der Waals surface area contributed by atoms with Crippen LogP contribution in [0.15, 0.2) is 53.9 Å². The highest BCUT2D eigenvalue weighted by molar-refractivity contribution is 7.13. The van der Waals surface area contributed by atoms with Crippen molar-refractivity contribution >= 4 is 17.3 Å². The molecule has 0 unspecified atom stereocenters.